The molecule has 0 bridgehead atoms. The van der Waals surface area contributed by atoms with Crippen LogP contribution in [-0.2, 0) is 0 Å². The monoisotopic (exact) mass is 563 g/mol. The molecule has 4 rings (SSSR count). The van der Waals surface area contributed by atoms with E-state index >= 15 is 0 Å². The van der Waals surface area contributed by atoms with Gasteiger partial charge in [0, 0.05) is 40.5 Å². The molecule has 13 heteroatoms. The van der Waals surface area contributed by atoms with Crippen molar-refractivity contribution in [3.63, 3.8) is 0 Å². The van der Waals surface area contributed by atoms with Gasteiger partial charge in [-0.1, -0.05) is 6.58 Å². The van der Waals surface area contributed by atoms with Crippen LogP contribution < -0.4 is 11.1 Å². The van der Waals surface area contributed by atoms with Crippen LogP contribution in [0.15, 0.2) is 43.2 Å². The fourth-order valence-corrected chi connectivity index (χ4v) is 4.33. The van der Waals surface area contributed by atoms with E-state index in [1.807, 2.05) is 0 Å². The van der Waals surface area contributed by atoms with Crippen LogP contribution in [-0.4, -0.2) is 34.1 Å². The van der Waals surface area contributed by atoms with Gasteiger partial charge in [0.05, 0.1) is 10.5 Å². The molecule has 4 heterocycles. The van der Waals surface area contributed by atoms with Crippen molar-refractivity contribution in [2.75, 3.05) is 0 Å². The summed E-state index contributed by atoms with van der Waals surface area (Å²) in [5.74, 6) is 0. The average molecular weight is 565 g/mol. The van der Waals surface area contributed by atoms with Crippen LogP contribution >= 0.6 is 31.9 Å². The van der Waals surface area contributed by atoms with Crippen LogP contribution in [0, 0.1) is 24.0 Å². The number of nitrogens with one attached hydrogen (secondary N) is 2. The topological polar surface area (TPSA) is 143 Å². The van der Waals surface area contributed by atoms with E-state index in [0.717, 1.165) is 0 Å². The van der Waals surface area contributed by atoms with Gasteiger partial charge in [0.1, 0.15) is 8.95 Å². The van der Waals surface area contributed by atoms with Crippen molar-refractivity contribution in [3.8, 4) is 0 Å². The first-order valence-corrected chi connectivity index (χ1v) is 10.7. The van der Waals surface area contributed by atoms with Crippen molar-refractivity contribution in [1.29, 1.82) is 0 Å². The summed E-state index contributed by atoms with van der Waals surface area (Å²) in [5.41, 5.74) is 2.14. The first-order chi connectivity index (χ1) is 15.0. The Labute approximate surface area is 195 Å². The molecule has 32 heavy (non-hydrogen) atoms. The number of aryl methyl sites for hydroxylation is 2. The number of hydrogen-bond acceptors (Lipinski definition) is 6. The van der Waals surface area contributed by atoms with Gasteiger partial charge >= 0.3 is 0 Å². The second-order valence-corrected chi connectivity index (χ2v) is 8.64. The van der Waals surface area contributed by atoms with E-state index in [1.54, 1.807) is 20.8 Å². The quantitative estimate of drug-likeness (QED) is 0.221. The van der Waals surface area contributed by atoms with Gasteiger partial charge in [-0.3, -0.25) is 29.9 Å². The molecule has 0 spiro atoms. The van der Waals surface area contributed by atoms with Crippen molar-refractivity contribution in [3.05, 3.63) is 87.0 Å². The lowest BCUT2D eigenvalue weighted by atomic mass is 9.97. The van der Waals surface area contributed by atoms with E-state index in [1.165, 1.54) is 21.4 Å². The summed E-state index contributed by atoms with van der Waals surface area (Å²) in [7, 11) is 0. The summed E-state index contributed by atoms with van der Waals surface area (Å²) < 4.78 is 3.45. The third-order valence-corrected chi connectivity index (χ3v) is 6.71. The number of nitrogens with zero attached hydrogens (tertiary/aromatic N) is 5. The Morgan fingerprint density at radius 2 is 1.44 bits per heavy atom. The highest BCUT2D eigenvalue weighted by Crippen LogP contribution is 2.32. The number of H-pyrrole nitrogens is 2. The minimum absolute atomic E-state index is 0.117. The molecule has 0 aromatic carbocycles. The van der Waals surface area contributed by atoms with Crippen LogP contribution in [0.25, 0.3) is 22.4 Å². The zero-order valence-electron chi connectivity index (χ0n) is 17.0. The van der Waals surface area contributed by atoms with E-state index < -0.39 is 4.92 Å². The molecule has 0 atom stereocenters. The molecule has 164 valence electrons. The largest absolute Gasteiger partial charge is 0.281 e. The molecule has 0 aliphatic carbocycles. The predicted octanol–water partition coefficient (Wildman–Crippen LogP) is 3.22. The van der Waals surface area contributed by atoms with Crippen LogP contribution in [0.3, 0.4) is 0 Å². The van der Waals surface area contributed by atoms with E-state index in [2.05, 4.69) is 58.6 Å². The van der Waals surface area contributed by atoms with Gasteiger partial charge in [0.15, 0.2) is 11.3 Å². The van der Waals surface area contributed by atoms with Crippen LogP contribution in [0.5, 0.6) is 0 Å². The molecule has 0 aliphatic heterocycles. The minimum Gasteiger partial charge on any atom is -0.267 e. The second-order valence-electron chi connectivity index (χ2n) is 7.05. The van der Waals surface area contributed by atoms with Crippen molar-refractivity contribution < 1.29 is 4.92 Å². The molecule has 0 saturated heterocycles. The number of fused-ring (bicyclic) bond motifs is 2. The van der Waals surface area contributed by atoms with Gasteiger partial charge in [-0.25, -0.2) is 19.0 Å². The molecule has 4 aromatic heterocycles. The van der Waals surface area contributed by atoms with E-state index in [0.29, 0.717) is 39.4 Å². The number of aromatic nitrogens is 6. The van der Waals surface area contributed by atoms with Gasteiger partial charge in [0.25, 0.3) is 16.8 Å². The number of hydrogen-bond donors (Lipinski definition) is 2. The number of rotatable bonds is 4. The maximum atomic E-state index is 12.1. The van der Waals surface area contributed by atoms with Gasteiger partial charge < -0.3 is 0 Å². The molecule has 0 amide bonds. The standard InChI is InChI=1S/C19H15Br2N7O4/c1-7(11-5-22-16-13(20)18(29)24-26(16)9(11)3)15(28(31)32)8(2)12-6-23-17-14(21)19(30)25-27(17)10(12)4/h5-6H,1H2,2-4H3,(H,24,29)(H,25,30)/b15-8-. The van der Waals surface area contributed by atoms with Gasteiger partial charge in [-0.2, -0.15) is 0 Å². The fraction of sp³-hybridized carbons (Fsp3) is 0.158. The Morgan fingerprint density at radius 1 is 1.00 bits per heavy atom. The summed E-state index contributed by atoms with van der Waals surface area (Å²) in [5, 5.41) is 17.4. The molecule has 0 radical (unpaired) electrons. The minimum atomic E-state index is -0.520. The molecule has 0 fully saturated rings. The molecule has 11 nitrogen and oxygen atoms in total. The lowest BCUT2D eigenvalue weighted by Crippen LogP contribution is -2.10. The van der Waals surface area contributed by atoms with Gasteiger partial charge in [0.2, 0.25) is 0 Å². The average Bonchev–Trinajstić information content (AvgIpc) is 3.19. The van der Waals surface area contributed by atoms with Crippen molar-refractivity contribution in [2.24, 2.45) is 0 Å². The molecule has 0 unspecified atom stereocenters. The molecule has 0 aliphatic rings. The lowest BCUT2D eigenvalue weighted by Gasteiger charge is -2.13. The first-order valence-electron chi connectivity index (χ1n) is 9.11. The fourth-order valence-electron chi connectivity index (χ4n) is 3.59. The highest BCUT2D eigenvalue weighted by molar-refractivity contribution is 9.11. The molecule has 4 aromatic rings. The summed E-state index contributed by atoms with van der Waals surface area (Å²) in [4.78, 5) is 44.0. The van der Waals surface area contributed by atoms with Crippen molar-refractivity contribution >= 4 is 54.3 Å². The third-order valence-electron chi connectivity index (χ3n) is 5.28. The second kappa shape index (κ2) is 7.67. The lowest BCUT2D eigenvalue weighted by molar-refractivity contribution is -0.415. The summed E-state index contributed by atoms with van der Waals surface area (Å²) >= 11 is 6.37. The molecular weight excluding hydrogens is 550 g/mol. The predicted molar refractivity (Wildman–Crippen MR) is 125 cm³/mol. The van der Waals surface area contributed by atoms with E-state index in [4.69, 9.17) is 0 Å². The number of allylic oxidation sites excluding steroid dienone is 2. The Hall–Kier alpha value is -3.32. The highest BCUT2D eigenvalue weighted by atomic mass is 79.9. The van der Waals surface area contributed by atoms with Gasteiger partial charge in [-0.05, 0) is 52.6 Å². The summed E-state index contributed by atoms with van der Waals surface area (Å²) in [6.07, 6.45) is 2.92. The van der Waals surface area contributed by atoms with Crippen LogP contribution in [0.4, 0.5) is 0 Å². The summed E-state index contributed by atoms with van der Waals surface area (Å²) in [6, 6.07) is 0. The van der Waals surface area contributed by atoms with Crippen molar-refractivity contribution in [2.45, 2.75) is 20.8 Å². The number of halogens is 2. The Kier molecular flexibility index (Phi) is 5.25. The highest BCUT2D eigenvalue weighted by Gasteiger charge is 2.26. The molecular formula is C19H15Br2N7O4. The number of nitro groups is 1. The smallest absolute Gasteiger partial charge is 0.267 e. The zero-order valence-corrected chi connectivity index (χ0v) is 20.2. The SMILES string of the molecule is C=C(/C(=C(\C)c1cnc2c(Br)c(=O)[nH]n2c1C)[N+](=O)[O-])c1cnc2c(Br)c(=O)[nH]n2c1C. The van der Waals surface area contributed by atoms with E-state index in [-0.39, 0.29) is 31.3 Å². The maximum absolute atomic E-state index is 12.1. The maximum Gasteiger partial charge on any atom is 0.281 e. The van der Waals surface area contributed by atoms with Gasteiger partial charge in [-0.15, -0.1) is 0 Å². The zero-order chi connectivity index (χ0) is 23.5. The third kappa shape index (κ3) is 3.15. The van der Waals surface area contributed by atoms with E-state index in [9.17, 15) is 19.7 Å². The van der Waals surface area contributed by atoms with Crippen molar-refractivity contribution in [1.82, 2.24) is 29.2 Å². The Bertz CT molecular complexity index is 1620. The molecule has 2 N–H and O–H groups in total. The molecule has 0 saturated carbocycles. The van der Waals surface area contributed by atoms with Crippen LogP contribution in [0.1, 0.15) is 29.4 Å². The number of aromatic amines is 2. The Morgan fingerprint density at radius 3 is 1.91 bits per heavy atom. The first kappa shape index (κ1) is 21.9. The Balaban J connectivity index is 1.94. The summed E-state index contributed by atoms with van der Waals surface area (Å²) in [6.45, 7) is 8.96. The normalized spacial score (nSPS) is 12.4. The van der Waals surface area contributed by atoms with Crippen LogP contribution in [0.2, 0.25) is 0 Å².